The summed E-state index contributed by atoms with van der Waals surface area (Å²) in [6, 6.07) is 0. The monoisotopic (exact) mass is 168 g/mol. The fourth-order valence-corrected chi connectivity index (χ4v) is 0.745. The molecule has 0 aromatic rings. The first kappa shape index (κ1) is 9.00. The number of carbonyl (C=O) groups excluding carboxylic acids is 1. The van der Waals surface area contributed by atoms with Gasteiger partial charge in [-0.2, -0.15) is 0 Å². The molecule has 1 aliphatic heterocycles. The minimum Gasteiger partial charge on any atom is -0.452 e. The van der Waals surface area contributed by atoms with Crippen molar-refractivity contribution in [2.75, 3.05) is 6.61 Å². The third-order valence-corrected chi connectivity index (χ3v) is 1.55. The van der Waals surface area contributed by atoms with Crippen LogP contribution < -0.4 is 0 Å². The van der Waals surface area contributed by atoms with Gasteiger partial charge < -0.3 is 9.47 Å². The Balaban J connectivity index is 2.41. The van der Waals surface area contributed by atoms with Gasteiger partial charge >= 0.3 is 5.97 Å². The van der Waals surface area contributed by atoms with Crippen molar-refractivity contribution >= 4 is 5.97 Å². The van der Waals surface area contributed by atoms with Crippen LogP contribution in [0.4, 0.5) is 0 Å². The number of epoxide rings is 1. The quantitative estimate of drug-likeness (QED) is 0.273. The zero-order chi connectivity index (χ0) is 9.14. The van der Waals surface area contributed by atoms with Gasteiger partial charge in [0.1, 0.15) is 12.2 Å². The van der Waals surface area contributed by atoms with Crippen molar-refractivity contribution in [2.24, 2.45) is 0 Å². The van der Waals surface area contributed by atoms with Gasteiger partial charge in [-0.1, -0.05) is 13.2 Å². The van der Waals surface area contributed by atoms with Crippen LogP contribution in [0.3, 0.4) is 0 Å². The zero-order valence-corrected chi connectivity index (χ0v) is 7.08. The lowest BCUT2D eigenvalue weighted by Gasteiger charge is -2.10. The summed E-state index contributed by atoms with van der Waals surface area (Å²) in [5.41, 5.74) is 0.391. The molecule has 1 saturated heterocycles. The van der Waals surface area contributed by atoms with Crippen LogP contribution in [0.15, 0.2) is 24.8 Å². The van der Waals surface area contributed by atoms with E-state index in [1.807, 2.05) is 0 Å². The van der Waals surface area contributed by atoms with Gasteiger partial charge in [0.2, 0.25) is 0 Å². The van der Waals surface area contributed by atoms with Gasteiger partial charge in [0.25, 0.3) is 0 Å². The van der Waals surface area contributed by atoms with Gasteiger partial charge in [-0.25, -0.2) is 4.79 Å². The molecule has 0 amide bonds. The first-order chi connectivity index (χ1) is 5.65. The minimum absolute atomic E-state index is 0.00537. The van der Waals surface area contributed by atoms with E-state index in [1.54, 1.807) is 13.0 Å². The fourth-order valence-electron chi connectivity index (χ4n) is 0.745. The van der Waals surface area contributed by atoms with Gasteiger partial charge in [0, 0.05) is 5.57 Å². The summed E-state index contributed by atoms with van der Waals surface area (Å²) in [6.45, 7) is 9.27. The average Bonchev–Trinajstić information content (AvgIpc) is 2.82. The molecule has 3 heteroatoms. The van der Waals surface area contributed by atoms with E-state index in [0.29, 0.717) is 12.2 Å². The van der Waals surface area contributed by atoms with E-state index in [2.05, 4.69) is 13.2 Å². The van der Waals surface area contributed by atoms with Crippen LogP contribution in [0.2, 0.25) is 0 Å². The Bertz CT molecular complexity index is 216. The van der Waals surface area contributed by atoms with Crippen LogP contribution in [0, 0.1) is 0 Å². The largest absolute Gasteiger partial charge is 0.452 e. The van der Waals surface area contributed by atoms with E-state index >= 15 is 0 Å². The number of esters is 1. The Morgan fingerprint density at radius 1 is 1.83 bits per heavy atom. The van der Waals surface area contributed by atoms with Crippen molar-refractivity contribution in [1.82, 2.24) is 0 Å². The summed E-state index contributed by atoms with van der Waals surface area (Å²) in [6.07, 6.45) is 1.25. The van der Waals surface area contributed by atoms with Crippen LogP contribution in [0.5, 0.6) is 0 Å². The first-order valence-electron chi connectivity index (χ1n) is 3.76. The highest BCUT2D eigenvalue weighted by atomic mass is 16.6. The summed E-state index contributed by atoms with van der Waals surface area (Å²) in [7, 11) is 0. The van der Waals surface area contributed by atoms with E-state index in [0.717, 1.165) is 0 Å². The van der Waals surface area contributed by atoms with E-state index in [9.17, 15) is 4.79 Å². The lowest BCUT2D eigenvalue weighted by molar-refractivity contribution is -0.142. The molecule has 0 aromatic heterocycles. The molecule has 0 aromatic carbocycles. The molecule has 0 N–H and O–H groups in total. The van der Waals surface area contributed by atoms with E-state index < -0.39 is 5.97 Å². The molecule has 0 bridgehead atoms. The molecule has 2 atom stereocenters. The van der Waals surface area contributed by atoms with Gasteiger partial charge in [0.05, 0.1) is 6.61 Å². The molecule has 1 aliphatic rings. The molecular formula is C9H12O3. The zero-order valence-electron chi connectivity index (χ0n) is 7.08. The van der Waals surface area contributed by atoms with Crippen molar-refractivity contribution in [3.63, 3.8) is 0 Å². The lowest BCUT2D eigenvalue weighted by atomic mass is 10.2. The third-order valence-electron chi connectivity index (χ3n) is 1.55. The Morgan fingerprint density at radius 3 is 2.75 bits per heavy atom. The molecule has 1 rings (SSSR count). The second-order valence-electron chi connectivity index (χ2n) is 2.76. The van der Waals surface area contributed by atoms with Crippen LogP contribution in [-0.2, 0) is 14.3 Å². The topological polar surface area (TPSA) is 38.8 Å². The summed E-state index contributed by atoms with van der Waals surface area (Å²) < 4.78 is 9.97. The van der Waals surface area contributed by atoms with Crippen molar-refractivity contribution in [3.05, 3.63) is 24.8 Å². The Morgan fingerprint density at radius 2 is 2.42 bits per heavy atom. The second-order valence-corrected chi connectivity index (χ2v) is 2.76. The van der Waals surface area contributed by atoms with Crippen molar-refractivity contribution in [3.8, 4) is 0 Å². The van der Waals surface area contributed by atoms with Crippen LogP contribution in [0.25, 0.3) is 0 Å². The van der Waals surface area contributed by atoms with Crippen molar-refractivity contribution < 1.29 is 14.3 Å². The van der Waals surface area contributed by atoms with Gasteiger partial charge in [0.15, 0.2) is 0 Å². The molecule has 2 unspecified atom stereocenters. The Labute approximate surface area is 71.7 Å². The first-order valence-corrected chi connectivity index (χ1v) is 3.76. The highest BCUT2D eigenvalue weighted by Crippen LogP contribution is 2.18. The Kier molecular flexibility index (Phi) is 2.65. The molecule has 0 radical (unpaired) electrons. The average molecular weight is 168 g/mol. The number of hydrogen-bond donors (Lipinski definition) is 0. The van der Waals surface area contributed by atoms with Gasteiger partial charge in [-0.3, -0.25) is 0 Å². The summed E-state index contributed by atoms with van der Waals surface area (Å²) >= 11 is 0. The van der Waals surface area contributed by atoms with E-state index in [4.69, 9.17) is 9.47 Å². The molecule has 0 spiro atoms. The second kappa shape index (κ2) is 3.54. The van der Waals surface area contributed by atoms with Crippen LogP contribution >= 0.6 is 0 Å². The SMILES string of the molecule is C=CC(OC(=O)C(=C)C)C1CO1. The van der Waals surface area contributed by atoms with E-state index in [1.165, 1.54) is 0 Å². The predicted octanol–water partition coefficient (Wildman–Crippen LogP) is 1.06. The maximum absolute atomic E-state index is 11.0. The molecule has 0 aliphatic carbocycles. The van der Waals surface area contributed by atoms with Gasteiger partial charge in [-0.05, 0) is 13.0 Å². The smallest absolute Gasteiger partial charge is 0.333 e. The molecule has 1 heterocycles. The molecule has 12 heavy (non-hydrogen) atoms. The predicted molar refractivity (Wildman–Crippen MR) is 44.6 cm³/mol. The fraction of sp³-hybridized carbons (Fsp3) is 0.444. The summed E-state index contributed by atoms with van der Waals surface area (Å²) in [5.74, 6) is -0.393. The number of carbonyl (C=O) groups is 1. The minimum atomic E-state index is -0.393. The molecule has 0 saturated carbocycles. The molecular weight excluding hydrogens is 156 g/mol. The van der Waals surface area contributed by atoms with Crippen LogP contribution in [-0.4, -0.2) is 24.8 Å². The summed E-state index contributed by atoms with van der Waals surface area (Å²) in [4.78, 5) is 11.0. The third kappa shape index (κ3) is 2.20. The van der Waals surface area contributed by atoms with E-state index in [-0.39, 0.29) is 12.2 Å². The summed E-state index contributed by atoms with van der Waals surface area (Å²) in [5, 5.41) is 0. The molecule has 1 fully saturated rings. The standard InChI is InChI=1S/C9H12O3/c1-4-7(8-5-11-8)12-9(10)6(2)3/h4,7-8H,1-2,5H2,3H3. The number of ether oxygens (including phenoxy) is 2. The van der Waals surface area contributed by atoms with Gasteiger partial charge in [-0.15, -0.1) is 0 Å². The highest BCUT2D eigenvalue weighted by Gasteiger charge is 2.33. The molecule has 3 nitrogen and oxygen atoms in total. The van der Waals surface area contributed by atoms with Crippen molar-refractivity contribution in [1.29, 1.82) is 0 Å². The van der Waals surface area contributed by atoms with Crippen molar-refractivity contribution in [2.45, 2.75) is 19.1 Å². The van der Waals surface area contributed by atoms with Crippen LogP contribution in [0.1, 0.15) is 6.92 Å². The number of hydrogen-bond acceptors (Lipinski definition) is 3. The lowest BCUT2D eigenvalue weighted by Crippen LogP contribution is -2.21. The highest BCUT2D eigenvalue weighted by molar-refractivity contribution is 5.87. The Hall–Kier alpha value is -1.09. The number of rotatable bonds is 4. The normalized spacial score (nSPS) is 22.6. The maximum atomic E-state index is 11.0. The maximum Gasteiger partial charge on any atom is 0.333 e. The molecule has 66 valence electrons.